The van der Waals surface area contributed by atoms with Gasteiger partial charge in [-0.25, -0.2) is 14.4 Å². The number of carbonyl (C=O) groups is 1. The number of H-pyrrole nitrogens is 1. The lowest BCUT2D eigenvalue weighted by Gasteiger charge is -2.32. The normalized spacial score (nSPS) is 21.1. The molecule has 3 heterocycles. The van der Waals surface area contributed by atoms with Gasteiger partial charge in [0.2, 0.25) is 0 Å². The highest BCUT2D eigenvalue weighted by molar-refractivity contribution is 5.99. The van der Waals surface area contributed by atoms with E-state index in [1.807, 2.05) is 0 Å². The molecule has 8 nitrogen and oxygen atoms in total. The summed E-state index contributed by atoms with van der Waals surface area (Å²) in [4.78, 5) is 26.9. The number of nitrogens with two attached hydrogens (primary N) is 1. The summed E-state index contributed by atoms with van der Waals surface area (Å²) in [6, 6.07) is 3.26. The minimum atomic E-state index is -4.86. The molecule has 0 bridgehead atoms. The Morgan fingerprint density at radius 2 is 1.82 bits per heavy atom. The van der Waals surface area contributed by atoms with Crippen LogP contribution in [0.5, 0.6) is 5.75 Å². The van der Waals surface area contributed by atoms with Gasteiger partial charge in [0.1, 0.15) is 22.9 Å². The van der Waals surface area contributed by atoms with Crippen LogP contribution in [0.2, 0.25) is 0 Å². The number of alkyl halides is 3. The minimum Gasteiger partial charge on any atom is -0.406 e. The predicted octanol–water partition coefficient (Wildman–Crippen LogP) is 5.27. The molecule has 1 aliphatic carbocycles. The van der Waals surface area contributed by atoms with Gasteiger partial charge in [0.05, 0.1) is 17.9 Å². The Balaban J connectivity index is 1.29. The number of piperidine rings is 1. The number of pyridine rings is 1. The van der Waals surface area contributed by atoms with Gasteiger partial charge in [-0.05, 0) is 56.6 Å². The molecule has 3 N–H and O–H groups in total. The van der Waals surface area contributed by atoms with E-state index in [9.17, 15) is 18.0 Å². The molecule has 0 atom stereocenters. The molecule has 2 fully saturated rings. The first-order chi connectivity index (χ1) is 18.1. The van der Waals surface area contributed by atoms with E-state index in [0.717, 1.165) is 43.6 Å². The van der Waals surface area contributed by atoms with Crippen molar-refractivity contribution in [2.75, 3.05) is 25.9 Å². The number of amides is 1. The lowest BCUT2D eigenvalue weighted by Crippen LogP contribution is -2.38. The lowest BCUT2D eigenvalue weighted by atomic mass is 9.87. The molecule has 1 aromatic carbocycles. The number of ether oxygens (including phenoxy) is 2. The van der Waals surface area contributed by atoms with Gasteiger partial charge in [-0.3, -0.25) is 4.79 Å². The molecule has 12 heteroatoms. The molecule has 5 rings (SSSR count). The molecule has 1 amide bonds. The van der Waals surface area contributed by atoms with E-state index < -0.39 is 23.8 Å². The van der Waals surface area contributed by atoms with Crippen LogP contribution in [0.4, 0.5) is 23.2 Å². The zero-order chi connectivity index (χ0) is 27.0. The second-order valence-corrected chi connectivity index (χ2v) is 9.91. The number of methoxy groups -OCH3 is 1. The molecule has 1 aliphatic heterocycles. The fourth-order valence-electron chi connectivity index (χ4n) is 5.59. The number of halogens is 4. The first-order valence-electron chi connectivity index (χ1n) is 12.6. The number of benzene rings is 1. The molecule has 0 radical (unpaired) electrons. The van der Waals surface area contributed by atoms with Gasteiger partial charge < -0.3 is 25.1 Å². The van der Waals surface area contributed by atoms with E-state index in [2.05, 4.69) is 14.7 Å². The Morgan fingerprint density at radius 3 is 2.45 bits per heavy atom. The quantitative estimate of drug-likeness (QED) is 0.341. The molecule has 204 valence electrons. The second-order valence-electron chi connectivity index (χ2n) is 9.91. The fraction of sp³-hybridized carbons (Fsp3) is 0.500. The first-order valence-corrected chi connectivity index (χ1v) is 12.6. The van der Waals surface area contributed by atoms with Crippen LogP contribution in [0.15, 0.2) is 24.4 Å². The van der Waals surface area contributed by atoms with Crippen LogP contribution >= 0.6 is 0 Å². The molecule has 2 aromatic heterocycles. The van der Waals surface area contributed by atoms with Crippen LogP contribution < -0.4 is 10.5 Å². The Kier molecular flexibility index (Phi) is 7.17. The summed E-state index contributed by atoms with van der Waals surface area (Å²) in [6.07, 6.45) is 1.37. The lowest BCUT2D eigenvalue weighted by molar-refractivity contribution is -0.274. The van der Waals surface area contributed by atoms with Crippen LogP contribution in [-0.2, 0) is 4.74 Å². The van der Waals surface area contributed by atoms with Crippen molar-refractivity contribution < 1.29 is 31.8 Å². The molecule has 1 saturated carbocycles. The van der Waals surface area contributed by atoms with Crippen molar-refractivity contribution in [3.05, 3.63) is 47.2 Å². The zero-order valence-corrected chi connectivity index (χ0v) is 20.9. The van der Waals surface area contributed by atoms with Gasteiger partial charge in [0, 0.05) is 43.4 Å². The number of aromatic amines is 1. The number of nitrogen functional groups attached to an aromatic ring is 1. The number of imidazole rings is 1. The smallest absolute Gasteiger partial charge is 0.406 e. The predicted molar refractivity (Wildman–Crippen MR) is 131 cm³/mol. The molecule has 0 unspecified atom stereocenters. The minimum absolute atomic E-state index is 0.0931. The average molecular weight is 536 g/mol. The van der Waals surface area contributed by atoms with Crippen LogP contribution in [-0.4, -0.2) is 58.4 Å². The Bertz CT molecular complexity index is 1310. The second kappa shape index (κ2) is 10.4. The van der Waals surface area contributed by atoms with Gasteiger partial charge >= 0.3 is 6.36 Å². The van der Waals surface area contributed by atoms with Gasteiger partial charge in [0.15, 0.2) is 5.65 Å². The molecule has 0 spiro atoms. The van der Waals surface area contributed by atoms with Crippen molar-refractivity contribution >= 4 is 22.8 Å². The number of hydrogen-bond acceptors (Lipinski definition) is 6. The zero-order valence-electron chi connectivity index (χ0n) is 20.9. The molecule has 1 saturated heterocycles. The summed E-state index contributed by atoms with van der Waals surface area (Å²) in [5.74, 6) is -0.418. The number of likely N-dealkylation sites (tertiary alicyclic amines) is 1. The number of carbonyl (C=O) groups excluding carboxylic acids is 1. The number of rotatable bonds is 5. The van der Waals surface area contributed by atoms with E-state index in [-0.39, 0.29) is 29.2 Å². The maximum atomic E-state index is 15.1. The highest BCUT2D eigenvalue weighted by Gasteiger charge is 2.33. The summed E-state index contributed by atoms with van der Waals surface area (Å²) in [6.45, 7) is 0.677. The largest absolute Gasteiger partial charge is 0.573 e. The maximum absolute atomic E-state index is 15.1. The summed E-state index contributed by atoms with van der Waals surface area (Å²) >= 11 is 0. The van der Waals surface area contributed by atoms with E-state index in [4.69, 9.17) is 15.5 Å². The Hall–Kier alpha value is -3.41. The highest BCUT2D eigenvalue weighted by atomic mass is 19.4. The summed E-state index contributed by atoms with van der Waals surface area (Å²) < 4.78 is 61.8. The van der Waals surface area contributed by atoms with Crippen molar-refractivity contribution in [1.29, 1.82) is 0 Å². The van der Waals surface area contributed by atoms with E-state index in [0.29, 0.717) is 42.7 Å². The number of aromatic nitrogens is 3. The van der Waals surface area contributed by atoms with Gasteiger partial charge in [-0.2, -0.15) is 0 Å². The van der Waals surface area contributed by atoms with Crippen molar-refractivity contribution in [3.8, 4) is 5.75 Å². The van der Waals surface area contributed by atoms with Gasteiger partial charge in [-0.15, -0.1) is 13.2 Å². The third-order valence-electron chi connectivity index (χ3n) is 7.59. The van der Waals surface area contributed by atoms with Crippen LogP contribution in [0, 0.1) is 5.82 Å². The van der Waals surface area contributed by atoms with Crippen molar-refractivity contribution in [2.45, 2.75) is 62.8 Å². The number of nitrogens with zero attached hydrogens (tertiary/aromatic N) is 3. The van der Waals surface area contributed by atoms with Gasteiger partial charge in [0.25, 0.3) is 5.91 Å². The monoisotopic (exact) mass is 535 g/mol. The fourth-order valence-corrected chi connectivity index (χ4v) is 5.59. The van der Waals surface area contributed by atoms with Crippen LogP contribution in [0.25, 0.3) is 11.2 Å². The molecular formula is C26H29F4N5O3. The standard InChI is InChI=1S/C26H29F4N5O3/c1-37-16-4-2-15(3-5-16)23-33-22-21(19(27)13-32-24(22)34-23)14-8-10-35(11-9-14)25(36)18-7-6-17(12-20(18)31)38-26(28,29)30/h6-7,12-16H,2-5,8-11,31H2,1H3,(H,32,33,34)/t15-,16-. The number of anilines is 1. The molecule has 38 heavy (non-hydrogen) atoms. The molecule has 2 aliphatic rings. The highest BCUT2D eigenvalue weighted by Crippen LogP contribution is 2.37. The summed E-state index contributed by atoms with van der Waals surface area (Å²) in [7, 11) is 1.72. The number of fused-ring (bicyclic) bond motifs is 1. The van der Waals surface area contributed by atoms with Gasteiger partial charge in [-0.1, -0.05) is 0 Å². The van der Waals surface area contributed by atoms with Crippen molar-refractivity contribution in [3.63, 3.8) is 0 Å². The van der Waals surface area contributed by atoms with E-state index >= 15 is 4.39 Å². The topological polar surface area (TPSA) is 106 Å². The summed E-state index contributed by atoms with van der Waals surface area (Å²) in [5.41, 5.74) is 7.43. The first kappa shape index (κ1) is 26.2. The van der Waals surface area contributed by atoms with Crippen LogP contribution in [0.1, 0.15) is 72.1 Å². The average Bonchev–Trinajstić information content (AvgIpc) is 3.32. The Labute approximate surface area is 216 Å². The Morgan fingerprint density at radius 1 is 1.11 bits per heavy atom. The molecular weight excluding hydrogens is 506 g/mol. The number of hydrogen-bond donors (Lipinski definition) is 2. The third-order valence-corrected chi connectivity index (χ3v) is 7.59. The summed E-state index contributed by atoms with van der Waals surface area (Å²) in [5, 5.41) is 0. The SMILES string of the molecule is CO[C@H]1CC[C@H](c2nc3c(C4CCN(C(=O)c5ccc(OC(F)(F)F)cc5N)CC4)c(F)cnc3[nH]2)CC1. The third kappa shape index (κ3) is 5.40. The maximum Gasteiger partial charge on any atom is 0.573 e. The van der Waals surface area contributed by atoms with Crippen molar-refractivity contribution in [2.24, 2.45) is 0 Å². The van der Waals surface area contributed by atoms with Crippen molar-refractivity contribution in [1.82, 2.24) is 19.9 Å². The van der Waals surface area contributed by atoms with Crippen LogP contribution in [0.3, 0.4) is 0 Å². The molecule has 3 aromatic rings. The van der Waals surface area contributed by atoms with E-state index in [1.165, 1.54) is 12.3 Å². The van der Waals surface area contributed by atoms with E-state index in [1.54, 1.807) is 12.0 Å². The number of nitrogens with one attached hydrogen (secondary N) is 1.